The molecule has 0 saturated carbocycles. The summed E-state index contributed by atoms with van der Waals surface area (Å²) in [6, 6.07) is 11.0. The number of unbranched alkanes of at least 4 members (excludes halogenated alkanes) is 3. The SMILES string of the molecule is CCCCCCc1ccc(C#Cc2cc(F)c3c(F)c(F)c(F)cc3c2)cc1. The van der Waals surface area contributed by atoms with Crippen molar-refractivity contribution in [1.82, 2.24) is 0 Å². The second kappa shape index (κ2) is 8.93. The number of aryl methyl sites for hydroxylation is 1. The van der Waals surface area contributed by atoms with Crippen molar-refractivity contribution in [1.29, 1.82) is 0 Å². The number of benzene rings is 3. The molecule has 144 valence electrons. The van der Waals surface area contributed by atoms with E-state index in [1.165, 1.54) is 30.9 Å². The fourth-order valence-electron chi connectivity index (χ4n) is 3.11. The third-order valence-electron chi connectivity index (χ3n) is 4.65. The highest BCUT2D eigenvalue weighted by Crippen LogP contribution is 2.26. The van der Waals surface area contributed by atoms with Crippen molar-refractivity contribution in [3.05, 3.63) is 82.4 Å². The van der Waals surface area contributed by atoms with Gasteiger partial charge in [-0.25, -0.2) is 17.6 Å². The standard InChI is InChI=1S/C24H20F4/c1-2-3-4-5-6-16-7-9-17(10-8-16)11-12-18-13-19-15-21(26)23(27)24(28)22(19)20(25)14-18/h7-10,13-15H,2-6H2,1H3. The first-order valence-corrected chi connectivity index (χ1v) is 9.37. The zero-order valence-electron chi connectivity index (χ0n) is 15.6. The molecule has 0 heterocycles. The summed E-state index contributed by atoms with van der Waals surface area (Å²) in [6.07, 6.45) is 5.85. The largest absolute Gasteiger partial charge is 0.206 e. The van der Waals surface area contributed by atoms with Crippen LogP contribution < -0.4 is 0 Å². The Morgan fingerprint density at radius 3 is 2.14 bits per heavy atom. The lowest BCUT2D eigenvalue weighted by molar-refractivity contribution is 0.451. The zero-order chi connectivity index (χ0) is 20.1. The highest BCUT2D eigenvalue weighted by molar-refractivity contribution is 5.85. The van der Waals surface area contributed by atoms with Gasteiger partial charge in [-0.1, -0.05) is 50.2 Å². The predicted octanol–water partition coefficient (Wildman–Crippen LogP) is 6.92. The van der Waals surface area contributed by atoms with Crippen molar-refractivity contribution in [2.75, 3.05) is 0 Å². The first-order chi connectivity index (χ1) is 13.5. The van der Waals surface area contributed by atoms with E-state index in [1.54, 1.807) is 0 Å². The summed E-state index contributed by atoms with van der Waals surface area (Å²) in [5, 5.41) is -0.639. The second-order valence-electron chi connectivity index (χ2n) is 6.80. The summed E-state index contributed by atoms with van der Waals surface area (Å²) in [4.78, 5) is 0. The van der Waals surface area contributed by atoms with Gasteiger partial charge >= 0.3 is 0 Å². The summed E-state index contributed by atoms with van der Waals surface area (Å²) < 4.78 is 54.7. The fraction of sp³-hybridized carbons (Fsp3) is 0.250. The summed E-state index contributed by atoms with van der Waals surface area (Å²) in [5.74, 6) is 0.181. The van der Waals surface area contributed by atoms with Gasteiger partial charge in [0.15, 0.2) is 17.5 Å². The lowest BCUT2D eigenvalue weighted by atomic mass is 10.0. The molecule has 3 aromatic carbocycles. The van der Waals surface area contributed by atoms with E-state index < -0.39 is 28.7 Å². The molecule has 0 unspecified atom stereocenters. The van der Waals surface area contributed by atoms with Crippen LogP contribution in [0.4, 0.5) is 17.6 Å². The fourth-order valence-corrected chi connectivity index (χ4v) is 3.11. The Labute approximate surface area is 162 Å². The van der Waals surface area contributed by atoms with E-state index in [0.29, 0.717) is 0 Å². The zero-order valence-corrected chi connectivity index (χ0v) is 15.6. The Morgan fingerprint density at radius 1 is 0.714 bits per heavy atom. The van der Waals surface area contributed by atoms with Crippen LogP contribution in [-0.4, -0.2) is 0 Å². The molecule has 0 N–H and O–H groups in total. The van der Waals surface area contributed by atoms with Crippen molar-refractivity contribution < 1.29 is 17.6 Å². The molecule has 0 saturated heterocycles. The number of rotatable bonds is 5. The van der Waals surface area contributed by atoms with Crippen LogP contribution in [0.2, 0.25) is 0 Å². The maximum atomic E-state index is 14.2. The van der Waals surface area contributed by atoms with Gasteiger partial charge in [-0.3, -0.25) is 0 Å². The van der Waals surface area contributed by atoms with Crippen LogP contribution in [-0.2, 0) is 6.42 Å². The van der Waals surface area contributed by atoms with E-state index in [-0.39, 0.29) is 10.9 Å². The highest BCUT2D eigenvalue weighted by atomic mass is 19.2. The highest BCUT2D eigenvalue weighted by Gasteiger charge is 2.17. The van der Waals surface area contributed by atoms with E-state index in [4.69, 9.17) is 0 Å². The Bertz CT molecular complexity index is 1040. The van der Waals surface area contributed by atoms with E-state index in [2.05, 4.69) is 18.8 Å². The molecule has 0 aliphatic carbocycles. The molecule has 0 spiro atoms. The number of halogens is 4. The van der Waals surface area contributed by atoms with Crippen LogP contribution in [0.25, 0.3) is 10.8 Å². The molecule has 0 radical (unpaired) electrons. The van der Waals surface area contributed by atoms with Gasteiger partial charge in [-0.2, -0.15) is 0 Å². The van der Waals surface area contributed by atoms with Gasteiger partial charge in [0.25, 0.3) is 0 Å². The topological polar surface area (TPSA) is 0 Å². The molecule has 0 fully saturated rings. The van der Waals surface area contributed by atoms with Crippen molar-refractivity contribution in [3.63, 3.8) is 0 Å². The minimum atomic E-state index is -1.68. The molecule has 0 aliphatic heterocycles. The Morgan fingerprint density at radius 2 is 1.43 bits per heavy atom. The van der Waals surface area contributed by atoms with Gasteiger partial charge in [0.05, 0.1) is 5.39 Å². The lowest BCUT2D eigenvalue weighted by Crippen LogP contribution is -1.95. The van der Waals surface area contributed by atoms with Crippen LogP contribution in [0.3, 0.4) is 0 Å². The smallest absolute Gasteiger partial charge is 0.195 e. The summed E-state index contributed by atoms with van der Waals surface area (Å²) >= 11 is 0. The summed E-state index contributed by atoms with van der Waals surface area (Å²) in [7, 11) is 0. The second-order valence-corrected chi connectivity index (χ2v) is 6.80. The molecular weight excluding hydrogens is 364 g/mol. The molecule has 0 atom stereocenters. The minimum absolute atomic E-state index is 0.0665. The van der Waals surface area contributed by atoms with Gasteiger partial charge in [0.1, 0.15) is 5.82 Å². The average molecular weight is 384 g/mol. The predicted molar refractivity (Wildman–Crippen MR) is 104 cm³/mol. The number of hydrogen-bond acceptors (Lipinski definition) is 0. The van der Waals surface area contributed by atoms with Gasteiger partial charge in [0.2, 0.25) is 0 Å². The van der Waals surface area contributed by atoms with E-state index in [9.17, 15) is 17.6 Å². The van der Waals surface area contributed by atoms with E-state index in [1.807, 2.05) is 24.3 Å². The average Bonchev–Trinajstić information content (AvgIpc) is 2.68. The molecule has 3 rings (SSSR count). The maximum absolute atomic E-state index is 14.2. The molecule has 28 heavy (non-hydrogen) atoms. The van der Waals surface area contributed by atoms with Crippen molar-refractivity contribution >= 4 is 10.8 Å². The molecule has 0 aliphatic rings. The van der Waals surface area contributed by atoms with Crippen LogP contribution in [0, 0.1) is 35.1 Å². The first kappa shape index (κ1) is 19.9. The number of fused-ring (bicyclic) bond motifs is 1. The van der Waals surface area contributed by atoms with Gasteiger partial charge < -0.3 is 0 Å². The molecule has 0 bridgehead atoms. The molecule has 0 amide bonds. The third kappa shape index (κ3) is 4.54. The van der Waals surface area contributed by atoms with Crippen LogP contribution in [0.5, 0.6) is 0 Å². The van der Waals surface area contributed by atoms with Crippen molar-refractivity contribution in [2.24, 2.45) is 0 Å². The van der Waals surface area contributed by atoms with Crippen LogP contribution in [0.1, 0.15) is 49.3 Å². The lowest BCUT2D eigenvalue weighted by Gasteiger charge is -2.04. The quantitative estimate of drug-likeness (QED) is 0.194. The molecule has 4 heteroatoms. The number of hydrogen-bond donors (Lipinski definition) is 0. The molecule has 0 aromatic heterocycles. The van der Waals surface area contributed by atoms with Gasteiger partial charge in [-0.05, 0) is 54.1 Å². The van der Waals surface area contributed by atoms with Crippen LogP contribution >= 0.6 is 0 Å². The monoisotopic (exact) mass is 384 g/mol. The summed E-state index contributed by atoms with van der Waals surface area (Å²) in [6.45, 7) is 2.18. The third-order valence-corrected chi connectivity index (χ3v) is 4.65. The van der Waals surface area contributed by atoms with E-state index in [0.717, 1.165) is 30.5 Å². The van der Waals surface area contributed by atoms with Crippen LogP contribution in [0.15, 0.2) is 42.5 Å². The van der Waals surface area contributed by atoms with Gasteiger partial charge in [0, 0.05) is 11.1 Å². The Kier molecular flexibility index (Phi) is 6.36. The maximum Gasteiger partial charge on any atom is 0.195 e. The minimum Gasteiger partial charge on any atom is -0.206 e. The molecular formula is C24H20F4. The molecule has 3 aromatic rings. The summed E-state index contributed by atoms with van der Waals surface area (Å²) in [5.41, 5.74) is 2.26. The Hall–Kier alpha value is -2.80. The Balaban J connectivity index is 1.80. The van der Waals surface area contributed by atoms with E-state index >= 15 is 0 Å². The van der Waals surface area contributed by atoms with Crippen molar-refractivity contribution in [2.45, 2.75) is 39.0 Å². The van der Waals surface area contributed by atoms with Crippen molar-refractivity contribution in [3.8, 4) is 11.8 Å². The molecule has 0 nitrogen and oxygen atoms in total. The first-order valence-electron chi connectivity index (χ1n) is 9.37. The van der Waals surface area contributed by atoms with Gasteiger partial charge in [-0.15, -0.1) is 0 Å². The normalized spacial score (nSPS) is 10.8.